The highest BCUT2D eigenvalue weighted by Crippen LogP contribution is 2.34. The van der Waals surface area contributed by atoms with Crippen molar-refractivity contribution in [2.24, 2.45) is 0 Å². The van der Waals surface area contributed by atoms with Crippen molar-refractivity contribution >= 4 is 11.8 Å². The molecule has 0 aromatic heterocycles. The Labute approximate surface area is 73.7 Å². The van der Waals surface area contributed by atoms with Gasteiger partial charge in [0.05, 0.1) is 12.7 Å². The Kier molecular flexibility index (Phi) is 2.97. The first-order valence-corrected chi connectivity index (χ1v) is 4.51. The Hall–Kier alpha value is 0.150. The van der Waals surface area contributed by atoms with Gasteiger partial charge in [-0.25, -0.2) is 0 Å². The van der Waals surface area contributed by atoms with Crippen LogP contribution in [0.2, 0.25) is 0 Å². The van der Waals surface area contributed by atoms with E-state index in [2.05, 4.69) is 0 Å². The van der Waals surface area contributed by atoms with Crippen LogP contribution in [-0.2, 0) is 0 Å². The quantitative estimate of drug-likeness (QED) is 0.318. The van der Waals surface area contributed by atoms with E-state index >= 15 is 0 Å². The smallest absolute Gasteiger partial charge is 0.161 e. The molecule has 1 saturated heterocycles. The minimum Gasteiger partial charge on any atom is -0.392 e. The number of thioether (sulfide) groups is 1. The van der Waals surface area contributed by atoms with E-state index < -0.39 is 29.9 Å². The van der Waals surface area contributed by atoms with Gasteiger partial charge < -0.3 is 25.5 Å². The van der Waals surface area contributed by atoms with E-state index in [0.29, 0.717) is 0 Å². The van der Waals surface area contributed by atoms with E-state index in [1.54, 1.807) is 0 Å². The van der Waals surface area contributed by atoms with Crippen molar-refractivity contribution in [1.82, 2.24) is 0 Å². The second-order valence-electron chi connectivity index (χ2n) is 2.82. The predicted molar refractivity (Wildman–Crippen MR) is 42.5 cm³/mol. The van der Waals surface area contributed by atoms with E-state index in [1.807, 2.05) is 0 Å². The zero-order chi connectivity index (χ0) is 9.35. The number of hydrogen-bond donors (Lipinski definition) is 5. The highest BCUT2D eigenvalue weighted by atomic mass is 32.2. The Morgan fingerprint density at radius 2 is 1.92 bits per heavy atom. The van der Waals surface area contributed by atoms with E-state index in [4.69, 9.17) is 15.3 Å². The van der Waals surface area contributed by atoms with Crippen LogP contribution in [-0.4, -0.2) is 61.1 Å². The third-order valence-corrected chi connectivity index (χ3v) is 3.29. The van der Waals surface area contributed by atoms with Gasteiger partial charge in [0.2, 0.25) is 0 Å². The third-order valence-electron chi connectivity index (χ3n) is 1.91. The summed E-state index contributed by atoms with van der Waals surface area (Å²) < 4.78 is 0. The van der Waals surface area contributed by atoms with Crippen molar-refractivity contribution in [1.29, 1.82) is 0 Å². The normalized spacial score (nSPS) is 49.2. The van der Waals surface area contributed by atoms with Gasteiger partial charge in [0.1, 0.15) is 12.2 Å². The lowest BCUT2D eigenvalue weighted by molar-refractivity contribution is -0.131. The monoisotopic (exact) mass is 196 g/mol. The molecule has 0 bridgehead atoms. The molecule has 1 rings (SSSR count). The van der Waals surface area contributed by atoms with Gasteiger partial charge >= 0.3 is 0 Å². The van der Waals surface area contributed by atoms with Gasteiger partial charge in [-0.15, -0.1) is 11.8 Å². The van der Waals surface area contributed by atoms with Gasteiger partial charge in [0.25, 0.3) is 0 Å². The maximum Gasteiger partial charge on any atom is 0.161 e. The lowest BCUT2D eigenvalue weighted by Crippen LogP contribution is -2.58. The fourth-order valence-corrected chi connectivity index (χ4v) is 2.09. The lowest BCUT2D eigenvalue weighted by atomic mass is 10.0. The maximum absolute atomic E-state index is 9.43. The zero-order valence-corrected chi connectivity index (χ0v) is 7.11. The first kappa shape index (κ1) is 10.2. The van der Waals surface area contributed by atoms with Gasteiger partial charge in [-0.1, -0.05) is 0 Å². The molecule has 1 aliphatic heterocycles. The average Bonchev–Trinajstić information content (AvgIpc) is 2.09. The molecule has 4 atom stereocenters. The van der Waals surface area contributed by atoms with Crippen molar-refractivity contribution in [3.05, 3.63) is 0 Å². The summed E-state index contributed by atoms with van der Waals surface area (Å²) in [6, 6.07) is 0. The van der Waals surface area contributed by atoms with Crippen LogP contribution >= 0.6 is 11.8 Å². The molecule has 1 fully saturated rings. The standard InChI is InChI=1S/C6H12O5S/c7-2-6(11)5(10)4(9)3(8)1-12-6/h3-5,7-11H,1-2H2/t3-,4-,5+,6-/m1/s1. The number of aliphatic hydroxyl groups excluding tert-OH is 4. The first-order valence-electron chi connectivity index (χ1n) is 3.52. The summed E-state index contributed by atoms with van der Waals surface area (Å²) in [6.45, 7) is -0.650. The van der Waals surface area contributed by atoms with Crippen molar-refractivity contribution in [2.45, 2.75) is 23.2 Å². The molecule has 0 spiro atoms. The lowest BCUT2D eigenvalue weighted by Gasteiger charge is -2.39. The van der Waals surface area contributed by atoms with Gasteiger partial charge in [-0.3, -0.25) is 0 Å². The van der Waals surface area contributed by atoms with Crippen LogP contribution in [0.4, 0.5) is 0 Å². The summed E-state index contributed by atoms with van der Waals surface area (Å²) >= 11 is 0.831. The molecule has 5 N–H and O–H groups in total. The largest absolute Gasteiger partial charge is 0.392 e. The van der Waals surface area contributed by atoms with E-state index in [-0.39, 0.29) is 5.75 Å². The van der Waals surface area contributed by atoms with Crippen LogP contribution in [0.25, 0.3) is 0 Å². The number of rotatable bonds is 1. The average molecular weight is 196 g/mol. The second kappa shape index (κ2) is 3.49. The first-order chi connectivity index (χ1) is 5.51. The summed E-state index contributed by atoms with van der Waals surface area (Å²) in [4.78, 5) is -1.75. The Bertz CT molecular complexity index is 166. The van der Waals surface area contributed by atoms with E-state index in [0.717, 1.165) is 11.8 Å². The molecule has 1 aliphatic rings. The summed E-state index contributed by atoms with van der Waals surface area (Å²) in [5, 5.41) is 45.5. The third kappa shape index (κ3) is 1.59. The van der Waals surface area contributed by atoms with Gasteiger partial charge in [-0.2, -0.15) is 0 Å². The second-order valence-corrected chi connectivity index (χ2v) is 4.15. The summed E-state index contributed by atoms with van der Waals surface area (Å²) in [5.41, 5.74) is 0. The molecule has 72 valence electrons. The topological polar surface area (TPSA) is 101 Å². The van der Waals surface area contributed by atoms with Crippen molar-refractivity contribution in [3.63, 3.8) is 0 Å². The minimum atomic E-state index is -1.75. The number of hydrogen-bond acceptors (Lipinski definition) is 6. The fourth-order valence-electron chi connectivity index (χ4n) is 1.03. The van der Waals surface area contributed by atoms with Crippen LogP contribution in [0.3, 0.4) is 0 Å². The van der Waals surface area contributed by atoms with Crippen LogP contribution in [0.5, 0.6) is 0 Å². The predicted octanol–water partition coefficient (Wildman–Crippen LogP) is -2.50. The van der Waals surface area contributed by atoms with E-state index in [1.165, 1.54) is 0 Å². The summed E-state index contributed by atoms with van der Waals surface area (Å²) in [7, 11) is 0. The molecule has 5 nitrogen and oxygen atoms in total. The number of aliphatic hydroxyl groups is 5. The van der Waals surface area contributed by atoms with Crippen LogP contribution in [0, 0.1) is 0 Å². The van der Waals surface area contributed by atoms with Gasteiger partial charge in [0, 0.05) is 5.75 Å². The van der Waals surface area contributed by atoms with Crippen molar-refractivity contribution in [2.75, 3.05) is 12.4 Å². The van der Waals surface area contributed by atoms with Crippen molar-refractivity contribution in [3.8, 4) is 0 Å². The Balaban J connectivity index is 2.71. The molecule has 0 aromatic carbocycles. The molecule has 0 amide bonds. The molecule has 6 heteroatoms. The molecule has 0 aliphatic carbocycles. The van der Waals surface area contributed by atoms with Gasteiger partial charge in [-0.05, 0) is 0 Å². The summed E-state index contributed by atoms with van der Waals surface area (Å²) in [5.74, 6) is 0.0925. The minimum absolute atomic E-state index is 0.0925. The van der Waals surface area contributed by atoms with Crippen LogP contribution in [0.1, 0.15) is 0 Å². The molecule has 1 heterocycles. The van der Waals surface area contributed by atoms with Crippen molar-refractivity contribution < 1.29 is 25.5 Å². The van der Waals surface area contributed by atoms with Crippen LogP contribution in [0.15, 0.2) is 0 Å². The van der Waals surface area contributed by atoms with E-state index in [9.17, 15) is 10.2 Å². The van der Waals surface area contributed by atoms with Crippen LogP contribution < -0.4 is 0 Å². The SMILES string of the molecule is OC[C@@]1(O)SC[C@@H](O)[C@@H](O)[C@@H]1O. The highest BCUT2D eigenvalue weighted by Gasteiger charge is 2.47. The molecule has 0 unspecified atom stereocenters. The Morgan fingerprint density at radius 1 is 1.33 bits per heavy atom. The van der Waals surface area contributed by atoms with Gasteiger partial charge in [0.15, 0.2) is 4.93 Å². The fraction of sp³-hybridized carbons (Fsp3) is 1.00. The molecule has 0 radical (unpaired) electrons. The molecular formula is C6H12O5S. The Morgan fingerprint density at radius 3 is 2.42 bits per heavy atom. The zero-order valence-electron chi connectivity index (χ0n) is 6.29. The maximum atomic E-state index is 9.43. The summed E-state index contributed by atoms with van der Waals surface area (Å²) in [6.07, 6.45) is -3.98. The molecule has 12 heavy (non-hydrogen) atoms. The molecule has 0 saturated carbocycles. The molecule has 0 aromatic rings. The highest BCUT2D eigenvalue weighted by molar-refractivity contribution is 8.00. The molecular weight excluding hydrogens is 184 g/mol.